The SMILES string of the molecule is CCOC(=O)c1nc(NCc2cccs2)sc1C. The first-order chi connectivity index (χ1) is 8.70. The average Bonchev–Trinajstić information content (AvgIpc) is 2.96. The number of nitrogens with one attached hydrogen (secondary N) is 1. The number of thiophene rings is 1. The van der Waals surface area contributed by atoms with Gasteiger partial charge >= 0.3 is 5.97 Å². The number of ether oxygens (including phenoxy) is 1. The summed E-state index contributed by atoms with van der Waals surface area (Å²) in [5, 5.41) is 6.00. The molecule has 0 amide bonds. The molecule has 0 aliphatic rings. The summed E-state index contributed by atoms with van der Waals surface area (Å²) in [4.78, 5) is 18.0. The van der Waals surface area contributed by atoms with Crippen molar-refractivity contribution in [3.63, 3.8) is 0 Å². The summed E-state index contributed by atoms with van der Waals surface area (Å²) in [6.45, 7) is 4.76. The van der Waals surface area contributed by atoms with Crippen LogP contribution >= 0.6 is 22.7 Å². The van der Waals surface area contributed by atoms with E-state index >= 15 is 0 Å². The minimum absolute atomic E-state index is 0.351. The van der Waals surface area contributed by atoms with E-state index in [2.05, 4.69) is 16.4 Å². The maximum atomic E-state index is 11.6. The minimum atomic E-state index is -0.351. The molecule has 0 atom stereocenters. The molecule has 0 bridgehead atoms. The largest absolute Gasteiger partial charge is 0.461 e. The van der Waals surface area contributed by atoms with E-state index in [9.17, 15) is 4.79 Å². The van der Waals surface area contributed by atoms with Gasteiger partial charge in [0, 0.05) is 9.75 Å². The van der Waals surface area contributed by atoms with Gasteiger partial charge in [-0.15, -0.1) is 22.7 Å². The molecule has 2 aromatic heterocycles. The van der Waals surface area contributed by atoms with E-state index in [1.807, 2.05) is 18.4 Å². The van der Waals surface area contributed by atoms with E-state index in [0.717, 1.165) is 16.6 Å². The number of anilines is 1. The van der Waals surface area contributed by atoms with Gasteiger partial charge in [-0.3, -0.25) is 0 Å². The van der Waals surface area contributed by atoms with E-state index in [0.29, 0.717) is 12.3 Å². The number of thiazole rings is 1. The minimum Gasteiger partial charge on any atom is -0.461 e. The number of hydrogen-bond acceptors (Lipinski definition) is 6. The Balaban J connectivity index is 2.02. The van der Waals surface area contributed by atoms with Crippen LogP contribution in [0.1, 0.15) is 27.2 Å². The van der Waals surface area contributed by atoms with E-state index < -0.39 is 0 Å². The van der Waals surface area contributed by atoms with Crippen molar-refractivity contribution in [1.82, 2.24) is 4.98 Å². The molecule has 0 fully saturated rings. The first-order valence-electron chi connectivity index (χ1n) is 5.61. The van der Waals surface area contributed by atoms with Crippen molar-refractivity contribution in [2.75, 3.05) is 11.9 Å². The Kier molecular flexibility index (Phi) is 4.33. The Morgan fingerprint density at radius 2 is 2.39 bits per heavy atom. The molecule has 0 spiro atoms. The van der Waals surface area contributed by atoms with Crippen LogP contribution in [0, 0.1) is 6.92 Å². The number of rotatable bonds is 5. The molecule has 0 aromatic carbocycles. The molecule has 96 valence electrons. The maximum Gasteiger partial charge on any atom is 0.358 e. The highest BCUT2D eigenvalue weighted by Crippen LogP contribution is 2.23. The summed E-state index contributed by atoms with van der Waals surface area (Å²) in [5.41, 5.74) is 0.413. The van der Waals surface area contributed by atoms with Crippen molar-refractivity contribution in [2.24, 2.45) is 0 Å². The third-order valence-corrected chi connectivity index (χ3v) is 4.06. The number of esters is 1. The number of carbonyl (C=O) groups excluding carboxylic acids is 1. The molecule has 0 aliphatic heterocycles. The molecule has 4 nitrogen and oxygen atoms in total. The van der Waals surface area contributed by atoms with Crippen LogP contribution < -0.4 is 5.32 Å². The Morgan fingerprint density at radius 1 is 1.56 bits per heavy atom. The van der Waals surface area contributed by atoms with Crippen LogP contribution in [0.3, 0.4) is 0 Å². The van der Waals surface area contributed by atoms with Crippen LogP contribution in [0.15, 0.2) is 17.5 Å². The van der Waals surface area contributed by atoms with Crippen molar-refractivity contribution >= 4 is 33.8 Å². The molecule has 2 heterocycles. The fourth-order valence-corrected chi connectivity index (χ4v) is 2.88. The molecule has 2 rings (SSSR count). The van der Waals surface area contributed by atoms with Crippen molar-refractivity contribution in [2.45, 2.75) is 20.4 Å². The van der Waals surface area contributed by atoms with Crippen molar-refractivity contribution in [3.8, 4) is 0 Å². The predicted octanol–water partition coefficient (Wildman–Crippen LogP) is 3.30. The summed E-state index contributed by atoms with van der Waals surface area (Å²) in [6.07, 6.45) is 0. The zero-order chi connectivity index (χ0) is 13.0. The summed E-state index contributed by atoms with van der Waals surface area (Å²) in [6, 6.07) is 4.07. The lowest BCUT2D eigenvalue weighted by molar-refractivity contribution is 0.0519. The van der Waals surface area contributed by atoms with Crippen molar-refractivity contribution < 1.29 is 9.53 Å². The van der Waals surface area contributed by atoms with Gasteiger partial charge in [-0.25, -0.2) is 9.78 Å². The Bertz CT molecular complexity index is 520. The van der Waals surface area contributed by atoms with Crippen LogP contribution in [0.25, 0.3) is 0 Å². The quantitative estimate of drug-likeness (QED) is 0.855. The Morgan fingerprint density at radius 3 is 3.06 bits per heavy atom. The Hall–Kier alpha value is -1.40. The van der Waals surface area contributed by atoms with Gasteiger partial charge in [0.05, 0.1) is 13.2 Å². The first-order valence-corrected chi connectivity index (χ1v) is 7.31. The highest BCUT2D eigenvalue weighted by molar-refractivity contribution is 7.15. The molecular formula is C12H14N2O2S2. The molecule has 6 heteroatoms. The molecule has 0 saturated carbocycles. The summed E-state index contributed by atoms with van der Waals surface area (Å²) in [7, 11) is 0. The number of nitrogens with zero attached hydrogens (tertiary/aromatic N) is 1. The fraction of sp³-hybridized carbons (Fsp3) is 0.333. The lowest BCUT2D eigenvalue weighted by atomic mass is 10.4. The van der Waals surface area contributed by atoms with Crippen LogP contribution in [0.4, 0.5) is 5.13 Å². The van der Waals surface area contributed by atoms with Crippen molar-refractivity contribution in [1.29, 1.82) is 0 Å². The fourth-order valence-electron chi connectivity index (χ4n) is 1.44. The van der Waals surface area contributed by atoms with E-state index in [1.165, 1.54) is 16.2 Å². The second kappa shape index (κ2) is 5.97. The van der Waals surface area contributed by atoms with Gasteiger partial charge < -0.3 is 10.1 Å². The lowest BCUT2D eigenvalue weighted by Gasteiger charge is -1.99. The molecular weight excluding hydrogens is 268 g/mol. The summed E-state index contributed by atoms with van der Waals surface area (Å²) >= 11 is 3.16. The van der Waals surface area contributed by atoms with E-state index in [1.54, 1.807) is 18.3 Å². The second-order valence-corrected chi connectivity index (χ2v) is 5.81. The number of aromatic nitrogens is 1. The standard InChI is InChI=1S/C12H14N2O2S2/c1-3-16-11(15)10-8(2)18-12(14-10)13-7-9-5-4-6-17-9/h4-6H,3,7H2,1-2H3,(H,13,14). The third kappa shape index (κ3) is 3.08. The lowest BCUT2D eigenvalue weighted by Crippen LogP contribution is -2.07. The normalized spacial score (nSPS) is 10.3. The molecule has 18 heavy (non-hydrogen) atoms. The van der Waals surface area contributed by atoms with Crippen molar-refractivity contribution in [3.05, 3.63) is 33.0 Å². The second-order valence-electron chi connectivity index (χ2n) is 3.58. The van der Waals surface area contributed by atoms with Gasteiger partial charge in [-0.1, -0.05) is 6.07 Å². The topological polar surface area (TPSA) is 51.2 Å². The molecule has 0 radical (unpaired) electrons. The van der Waals surface area contributed by atoms with Gasteiger partial charge in [-0.05, 0) is 25.3 Å². The van der Waals surface area contributed by atoms with Gasteiger partial charge in [0.25, 0.3) is 0 Å². The van der Waals surface area contributed by atoms with Gasteiger partial charge in [0.2, 0.25) is 0 Å². The highest BCUT2D eigenvalue weighted by Gasteiger charge is 2.16. The zero-order valence-electron chi connectivity index (χ0n) is 10.2. The number of hydrogen-bond donors (Lipinski definition) is 1. The molecule has 1 N–H and O–H groups in total. The third-order valence-electron chi connectivity index (χ3n) is 2.26. The molecule has 0 unspecified atom stereocenters. The van der Waals surface area contributed by atoms with E-state index in [-0.39, 0.29) is 5.97 Å². The molecule has 2 aromatic rings. The molecule has 0 saturated heterocycles. The summed E-state index contributed by atoms with van der Waals surface area (Å²) in [5.74, 6) is -0.351. The zero-order valence-corrected chi connectivity index (χ0v) is 11.9. The molecule has 0 aliphatic carbocycles. The first kappa shape index (κ1) is 13.0. The van der Waals surface area contributed by atoms with Crippen LogP contribution in [-0.2, 0) is 11.3 Å². The van der Waals surface area contributed by atoms with Crippen LogP contribution in [0.2, 0.25) is 0 Å². The summed E-state index contributed by atoms with van der Waals surface area (Å²) < 4.78 is 4.95. The van der Waals surface area contributed by atoms with Gasteiger partial charge in [0.15, 0.2) is 10.8 Å². The monoisotopic (exact) mass is 282 g/mol. The maximum absolute atomic E-state index is 11.6. The number of aryl methyl sites for hydroxylation is 1. The van der Waals surface area contributed by atoms with Crippen LogP contribution in [0.5, 0.6) is 0 Å². The smallest absolute Gasteiger partial charge is 0.358 e. The van der Waals surface area contributed by atoms with Crippen LogP contribution in [-0.4, -0.2) is 17.6 Å². The van der Waals surface area contributed by atoms with Gasteiger partial charge in [0.1, 0.15) is 0 Å². The average molecular weight is 282 g/mol. The Labute approximate surface area is 114 Å². The highest BCUT2D eigenvalue weighted by atomic mass is 32.1. The number of carbonyl (C=O) groups is 1. The predicted molar refractivity (Wildman–Crippen MR) is 74.5 cm³/mol. The van der Waals surface area contributed by atoms with E-state index in [4.69, 9.17) is 4.74 Å². The van der Waals surface area contributed by atoms with Gasteiger partial charge in [-0.2, -0.15) is 0 Å².